The third-order valence-corrected chi connectivity index (χ3v) is 2.78. The molecule has 0 bridgehead atoms. The Morgan fingerprint density at radius 3 is 3.00 bits per heavy atom. The van der Waals surface area contributed by atoms with Gasteiger partial charge in [-0.3, -0.25) is 0 Å². The van der Waals surface area contributed by atoms with Crippen molar-refractivity contribution in [3.63, 3.8) is 0 Å². The molecule has 1 aliphatic carbocycles. The summed E-state index contributed by atoms with van der Waals surface area (Å²) < 4.78 is 1.87. The van der Waals surface area contributed by atoms with E-state index in [1.807, 2.05) is 17.8 Å². The second-order valence-electron chi connectivity index (χ2n) is 3.95. The fourth-order valence-electron chi connectivity index (χ4n) is 1.93. The summed E-state index contributed by atoms with van der Waals surface area (Å²) in [6.07, 6.45) is 10.7. The van der Waals surface area contributed by atoms with Gasteiger partial charge in [-0.2, -0.15) is 0 Å². The molecule has 0 amide bonds. The minimum absolute atomic E-state index is 0.342. The molecule has 2 rings (SSSR count). The monoisotopic (exact) mass is 192 g/mol. The molecule has 1 heterocycles. The first-order valence-corrected chi connectivity index (χ1v) is 5.08. The molecule has 0 saturated heterocycles. The summed E-state index contributed by atoms with van der Waals surface area (Å²) in [6, 6.07) is 0. The van der Waals surface area contributed by atoms with Gasteiger partial charge in [0.2, 0.25) is 0 Å². The third-order valence-electron chi connectivity index (χ3n) is 2.78. The lowest BCUT2D eigenvalue weighted by Crippen LogP contribution is -2.14. The van der Waals surface area contributed by atoms with Gasteiger partial charge in [0.05, 0.1) is 12.0 Å². The highest BCUT2D eigenvalue weighted by atomic mass is 16.3. The zero-order valence-corrected chi connectivity index (χ0v) is 8.43. The van der Waals surface area contributed by atoms with Gasteiger partial charge in [0, 0.05) is 13.2 Å². The van der Waals surface area contributed by atoms with Gasteiger partial charge in [-0.1, -0.05) is 12.2 Å². The van der Waals surface area contributed by atoms with Crippen LogP contribution in [0.1, 0.15) is 31.1 Å². The number of aliphatic hydroxyl groups is 1. The van der Waals surface area contributed by atoms with E-state index in [1.54, 1.807) is 6.33 Å². The number of imidazole rings is 1. The van der Waals surface area contributed by atoms with Crippen LogP contribution in [0.4, 0.5) is 0 Å². The van der Waals surface area contributed by atoms with E-state index in [0.717, 1.165) is 25.0 Å². The molecule has 1 aromatic heterocycles. The number of aryl methyl sites for hydroxylation is 1. The molecule has 1 aromatic rings. The zero-order valence-electron chi connectivity index (χ0n) is 8.43. The third kappa shape index (κ3) is 1.87. The SMILES string of the molecule is Cn1cnc(C(O)C2CC=CCC2)c1. The Kier molecular flexibility index (Phi) is 2.68. The van der Waals surface area contributed by atoms with Gasteiger partial charge >= 0.3 is 0 Å². The van der Waals surface area contributed by atoms with Crippen LogP contribution in [0.25, 0.3) is 0 Å². The average molecular weight is 192 g/mol. The van der Waals surface area contributed by atoms with Crippen molar-refractivity contribution in [3.05, 3.63) is 30.4 Å². The molecular formula is C11H16N2O. The van der Waals surface area contributed by atoms with Gasteiger partial charge in [-0.25, -0.2) is 4.98 Å². The Labute approximate surface area is 84.1 Å². The molecule has 0 radical (unpaired) electrons. The van der Waals surface area contributed by atoms with Crippen LogP contribution in [0, 0.1) is 5.92 Å². The number of aliphatic hydroxyl groups excluding tert-OH is 1. The summed E-state index contributed by atoms with van der Waals surface area (Å²) in [4.78, 5) is 4.18. The number of rotatable bonds is 2. The van der Waals surface area contributed by atoms with Gasteiger partial charge in [0.25, 0.3) is 0 Å². The van der Waals surface area contributed by atoms with Crippen molar-refractivity contribution in [2.75, 3.05) is 0 Å². The van der Waals surface area contributed by atoms with Crippen molar-refractivity contribution in [2.24, 2.45) is 13.0 Å². The number of nitrogens with zero attached hydrogens (tertiary/aromatic N) is 2. The molecule has 1 N–H and O–H groups in total. The number of aromatic nitrogens is 2. The second-order valence-corrected chi connectivity index (χ2v) is 3.95. The molecular weight excluding hydrogens is 176 g/mol. The largest absolute Gasteiger partial charge is 0.386 e. The van der Waals surface area contributed by atoms with Crippen molar-refractivity contribution < 1.29 is 5.11 Å². The van der Waals surface area contributed by atoms with Crippen molar-refractivity contribution in [1.29, 1.82) is 0 Å². The fourth-order valence-corrected chi connectivity index (χ4v) is 1.93. The molecule has 0 aliphatic heterocycles. The van der Waals surface area contributed by atoms with Crippen molar-refractivity contribution in [3.8, 4) is 0 Å². The summed E-state index contributed by atoms with van der Waals surface area (Å²) in [5, 5.41) is 10.0. The van der Waals surface area contributed by atoms with Gasteiger partial charge in [0.1, 0.15) is 6.10 Å². The zero-order chi connectivity index (χ0) is 9.97. The summed E-state index contributed by atoms with van der Waals surface area (Å²) in [5.74, 6) is 0.342. The van der Waals surface area contributed by atoms with E-state index in [4.69, 9.17) is 0 Å². The minimum Gasteiger partial charge on any atom is -0.386 e. The van der Waals surface area contributed by atoms with Gasteiger partial charge in [-0.15, -0.1) is 0 Å². The maximum atomic E-state index is 10.0. The second kappa shape index (κ2) is 3.96. The number of hydrogen-bond donors (Lipinski definition) is 1. The minimum atomic E-state index is -0.402. The normalized spacial score (nSPS) is 23.7. The molecule has 2 atom stereocenters. The molecule has 14 heavy (non-hydrogen) atoms. The van der Waals surface area contributed by atoms with Crippen LogP contribution in [0.15, 0.2) is 24.7 Å². The van der Waals surface area contributed by atoms with Gasteiger partial charge in [-0.05, 0) is 25.2 Å². The highest BCUT2D eigenvalue weighted by Crippen LogP contribution is 2.30. The summed E-state index contributed by atoms with van der Waals surface area (Å²) in [6.45, 7) is 0. The predicted molar refractivity (Wildman–Crippen MR) is 54.6 cm³/mol. The van der Waals surface area contributed by atoms with E-state index in [0.29, 0.717) is 5.92 Å². The molecule has 2 unspecified atom stereocenters. The Morgan fingerprint density at radius 2 is 2.43 bits per heavy atom. The standard InChI is InChI=1S/C11H16N2O/c1-13-7-10(12-8-13)11(14)9-5-3-2-4-6-9/h2-3,7-9,11,14H,4-6H2,1H3. The maximum Gasteiger partial charge on any atom is 0.101 e. The molecule has 76 valence electrons. The van der Waals surface area contributed by atoms with Gasteiger partial charge in [0.15, 0.2) is 0 Å². The quantitative estimate of drug-likeness (QED) is 0.726. The van der Waals surface area contributed by atoms with Crippen LogP contribution in [0.3, 0.4) is 0 Å². The smallest absolute Gasteiger partial charge is 0.101 e. The lowest BCUT2D eigenvalue weighted by molar-refractivity contribution is 0.0987. The molecule has 0 spiro atoms. The predicted octanol–water partition coefficient (Wildman–Crippen LogP) is 1.81. The van der Waals surface area contributed by atoms with E-state index in [2.05, 4.69) is 17.1 Å². The van der Waals surface area contributed by atoms with Crippen LogP contribution in [0.5, 0.6) is 0 Å². The molecule has 0 aromatic carbocycles. The molecule has 3 nitrogen and oxygen atoms in total. The molecule has 3 heteroatoms. The lowest BCUT2D eigenvalue weighted by atomic mass is 9.88. The van der Waals surface area contributed by atoms with E-state index in [1.165, 1.54) is 0 Å². The first-order chi connectivity index (χ1) is 6.77. The fraction of sp³-hybridized carbons (Fsp3) is 0.545. The van der Waals surface area contributed by atoms with E-state index < -0.39 is 6.10 Å². The highest BCUT2D eigenvalue weighted by molar-refractivity contribution is 5.05. The molecule has 0 fully saturated rings. The topological polar surface area (TPSA) is 38.0 Å². The molecule has 1 aliphatic rings. The summed E-state index contributed by atoms with van der Waals surface area (Å²) in [5.41, 5.74) is 0.799. The number of allylic oxidation sites excluding steroid dienone is 2. The van der Waals surface area contributed by atoms with Crippen LogP contribution in [-0.4, -0.2) is 14.7 Å². The average Bonchev–Trinajstić information content (AvgIpc) is 2.65. The Hall–Kier alpha value is -1.09. The lowest BCUT2D eigenvalue weighted by Gasteiger charge is -2.22. The Bertz CT molecular complexity index is 330. The Balaban J connectivity index is 2.07. The van der Waals surface area contributed by atoms with E-state index >= 15 is 0 Å². The first-order valence-electron chi connectivity index (χ1n) is 5.08. The summed E-state index contributed by atoms with van der Waals surface area (Å²) in [7, 11) is 1.92. The van der Waals surface area contributed by atoms with Crippen molar-refractivity contribution in [2.45, 2.75) is 25.4 Å². The Morgan fingerprint density at radius 1 is 1.57 bits per heavy atom. The number of hydrogen-bond acceptors (Lipinski definition) is 2. The van der Waals surface area contributed by atoms with Crippen LogP contribution < -0.4 is 0 Å². The van der Waals surface area contributed by atoms with E-state index in [9.17, 15) is 5.11 Å². The maximum absolute atomic E-state index is 10.0. The van der Waals surface area contributed by atoms with Crippen molar-refractivity contribution >= 4 is 0 Å². The van der Waals surface area contributed by atoms with Crippen molar-refractivity contribution in [1.82, 2.24) is 9.55 Å². The summed E-state index contributed by atoms with van der Waals surface area (Å²) >= 11 is 0. The van der Waals surface area contributed by atoms with Crippen LogP contribution >= 0.6 is 0 Å². The van der Waals surface area contributed by atoms with Crippen LogP contribution in [0.2, 0.25) is 0 Å². The molecule has 0 saturated carbocycles. The van der Waals surface area contributed by atoms with Crippen LogP contribution in [-0.2, 0) is 7.05 Å². The van der Waals surface area contributed by atoms with E-state index in [-0.39, 0.29) is 0 Å². The first kappa shape index (κ1) is 9.46. The highest BCUT2D eigenvalue weighted by Gasteiger charge is 2.22. The van der Waals surface area contributed by atoms with Gasteiger partial charge < -0.3 is 9.67 Å².